The van der Waals surface area contributed by atoms with Crippen molar-refractivity contribution >= 4 is 179 Å². The second-order valence-electron chi connectivity index (χ2n) is 25.7. The van der Waals surface area contributed by atoms with E-state index >= 15 is 0 Å². The van der Waals surface area contributed by atoms with Gasteiger partial charge in [0.15, 0.2) is 22.9 Å². The van der Waals surface area contributed by atoms with Crippen LogP contribution in [-0.2, 0) is 91.2 Å². The Morgan fingerprint density at radius 2 is 1.39 bits per heavy atom. The van der Waals surface area contributed by atoms with Crippen LogP contribution in [-0.4, -0.2) is 158 Å². The van der Waals surface area contributed by atoms with Crippen molar-refractivity contribution in [3.8, 4) is 5.75 Å². The van der Waals surface area contributed by atoms with Gasteiger partial charge in [0.25, 0.3) is 17.4 Å². The van der Waals surface area contributed by atoms with Gasteiger partial charge in [-0.15, -0.1) is 11.6 Å². The van der Waals surface area contributed by atoms with E-state index in [4.69, 9.17) is 71.9 Å². The molecule has 0 spiro atoms. The number of carbonyl (C=O) groups excluding carboxylic acids is 17. The number of guanidine groups is 1. The number of aromatic amines is 2. The number of alkyl halides is 1. The molecule has 4 atom stereocenters. The van der Waals surface area contributed by atoms with E-state index in [2.05, 4.69) is 56.5 Å². The number of carbonyl (C=O) groups is 9. The summed E-state index contributed by atoms with van der Waals surface area (Å²) in [6.07, 6.45) is 9.67. The molecule has 34 nitrogen and oxygen atoms in total. The Bertz CT molecular complexity index is 5040. The molecule has 10 rings (SSSR count). The number of ether oxygens (including phenoxy) is 1. The minimum absolute atomic E-state index is 0.0000690. The van der Waals surface area contributed by atoms with Crippen LogP contribution >= 0.6 is 33.2 Å². The molecule has 1 aliphatic heterocycles. The number of fused-ring (bicyclic) bond motifs is 6. The summed E-state index contributed by atoms with van der Waals surface area (Å²) in [6, 6.07) is 28.8. The monoisotopic (exact) mass is 1630 g/mol. The van der Waals surface area contributed by atoms with Gasteiger partial charge >= 0.3 is 30.6 Å². The minimum Gasteiger partial charge on any atom is -0.426 e. The van der Waals surface area contributed by atoms with Crippen LogP contribution in [0.15, 0.2) is 119 Å². The SMILES string of the molecule is CC(=O)C[C@@H](C)C(=O)NCCSSCCC(=O)Nc1ccc2c(c1)C=C(C(=O)Nc1ccc3[nH]c(C(=O)N4CC(CCl)c5c4cc(OC(C)=O)c4ccccc54)cc3c1)C2.C[C@H](CCCN=C(N)N)NC(=O)[C@H](C)NC(=O)CCCCC(=O)c1ccc(CCc2cnc3nc(N)[nH]c(=O)c3n2)cc1.O=C=O.O=C=O.O=C=O.O=C=O. The number of Topliss-reactive ketones (excluding diaryl/α,β-unsaturated/α-hetero) is 2. The number of hydrogen-bond donors (Lipinski definition) is 10. The van der Waals surface area contributed by atoms with Crippen LogP contribution < -0.4 is 59.0 Å². The number of benzene rings is 5. The second kappa shape index (κ2) is 48.1. The molecule has 5 aromatic carbocycles. The van der Waals surface area contributed by atoms with Gasteiger partial charge in [0, 0.05) is 139 Å². The smallest absolute Gasteiger partial charge is 0.373 e. The highest BCUT2D eigenvalue weighted by Crippen LogP contribution is 2.46. The Balaban J connectivity index is 0.000000376. The first-order chi connectivity index (χ1) is 55.0. The number of aliphatic imine (C=N–C) groups is 1. The third-order valence-corrected chi connectivity index (χ3v) is 19.9. The Hall–Kier alpha value is -12.9. The maximum atomic E-state index is 14.1. The largest absolute Gasteiger partial charge is 0.426 e. The van der Waals surface area contributed by atoms with E-state index in [0.29, 0.717) is 134 Å². The van der Waals surface area contributed by atoms with Crippen molar-refractivity contribution in [2.24, 2.45) is 22.4 Å². The van der Waals surface area contributed by atoms with Crippen molar-refractivity contribution in [1.29, 1.82) is 0 Å². The quantitative estimate of drug-likeness (QED) is 0.00303. The molecular weight excluding hydrogens is 1550 g/mol. The van der Waals surface area contributed by atoms with Crippen molar-refractivity contribution in [3.63, 3.8) is 0 Å². The average molecular weight is 1640 g/mol. The molecule has 0 radical (unpaired) electrons. The van der Waals surface area contributed by atoms with Gasteiger partial charge in [-0.3, -0.25) is 53.1 Å². The lowest BCUT2D eigenvalue weighted by atomic mass is 9.95. The predicted octanol–water partition coefficient (Wildman–Crippen LogP) is 6.80. The fourth-order valence-corrected chi connectivity index (χ4v) is 14.1. The number of H-pyrrole nitrogens is 2. The highest BCUT2D eigenvalue weighted by Gasteiger charge is 2.36. The number of nitrogen functional groups attached to an aromatic ring is 1. The minimum atomic E-state index is -0.667. The van der Waals surface area contributed by atoms with Crippen molar-refractivity contribution in [2.75, 3.05) is 58.3 Å². The molecule has 13 N–H and O–H groups in total. The summed E-state index contributed by atoms with van der Waals surface area (Å²) in [5.74, 6) is -0.182. The molecule has 115 heavy (non-hydrogen) atoms. The van der Waals surface area contributed by atoms with Crippen molar-refractivity contribution in [3.05, 3.63) is 158 Å². The predicted molar refractivity (Wildman–Crippen MR) is 425 cm³/mol. The number of esters is 1. The number of hydrogen-bond acceptors (Lipinski definition) is 26. The van der Waals surface area contributed by atoms with Gasteiger partial charge in [-0.2, -0.15) is 43.3 Å². The molecular formula is C78H84ClN15O19S2. The van der Waals surface area contributed by atoms with E-state index in [-0.39, 0.29) is 125 Å². The van der Waals surface area contributed by atoms with Crippen molar-refractivity contribution in [2.45, 2.75) is 123 Å². The van der Waals surface area contributed by atoms with Gasteiger partial charge in [-0.05, 0) is 129 Å². The van der Waals surface area contributed by atoms with Crippen LogP contribution in [0, 0.1) is 5.92 Å². The molecule has 6 amide bonds. The molecule has 1 unspecified atom stereocenters. The van der Waals surface area contributed by atoms with Gasteiger partial charge in [0.1, 0.15) is 23.3 Å². The number of nitrogens with zero attached hydrogens (tertiary/aromatic N) is 5. The number of rotatable bonds is 32. The number of amides is 6. The van der Waals surface area contributed by atoms with E-state index in [9.17, 15) is 47.9 Å². The lowest BCUT2D eigenvalue weighted by Gasteiger charge is -2.18. The zero-order valence-electron chi connectivity index (χ0n) is 63.1. The first-order valence-electron chi connectivity index (χ1n) is 35.5. The fourth-order valence-electron chi connectivity index (χ4n) is 12.0. The standard InChI is InChI=1S/C45H44ClN5O7S2.C29H40N10O4.4CO2/c1-25(16-26(2)52)43(55)47-13-15-60-59-14-12-41(54)48-33-9-8-28-17-31(18-29(28)19-33)44(56)49-34-10-11-37-30(20-34)21-38(50-37)45(57)51-24-32(23-46)42-36-7-5-4-6-35(36)40(22-39(42)51)58-27(3)53;1-17(6-5-15-33-28(30)31)35-26(42)18(2)36-23(41)8-4-3-7-22(40)20-12-9-19(10-13-20)11-14-21-16-34-25-24(37-21)27(43)39-29(32)38-25;4*2-1-3/h4-11,18-22,25,32,50H,12-17,23-24H2,1-3H3,(H,47,55)(H,48,54)(H,49,56);9-10,12-13,16-18H,3-8,11,14-15H2,1-2H3,(H,35,42)(H,36,41)(H4,30,31,33)(H3,32,34,38,39,43);;;;/t25-,32?;17-,18+;;;;/m11..../s1. The van der Waals surface area contributed by atoms with E-state index in [1.54, 1.807) is 76.9 Å². The summed E-state index contributed by atoms with van der Waals surface area (Å²) in [7, 11) is 3.13. The van der Waals surface area contributed by atoms with Gasteiger partial charge < -0.3 is 63.2 Å². The highest BCUT2D eigenvalue weighted by atomic mass is 35.5. The summed E-state index contributed by atoms with van der Waals surface area (Å²) < 4.78 is 5.57. The van der Waals surface area contributed by atoms with Crippen molar-refractivity contribution in [1.82, 2.24) is 40.9 Å². The topological polar surface area (TPSA) is 541 Å². The lowest BCUT2D eigenvalue weighted by Crippen LogP contribution is -2.47. The third kappa shape index (κ3) is 29.9. The molecule has 37 heteroatoms. The molecule has 1 aliphatic carbocycles. The number of aromatic nitrogens is 5. The van der Waals surface area contributed by atoms with E-state index in [1.165, 1.54) is 13.8 Å². The summed E-state index contributed by atoms with van der Waals surface area (Å²) >= 11 is 6.45. The zero-order valence-corrected chi connectivity index (χ0v) is 65.5. The van der Waals surface area contributed by atoms with Crippen LogP contribution in [0.5, 0.6) is 5.75 Å². The van der Waals surface area contributed by atoms with E-state index < -0.39 is 17.6 Å². The number of nitrogens with one attached hydrogen (secondary N) is 7. The van der Waals surface area contributed by atoms with Gasteiger partial charge in [0.05, 0.1) is 17.6 Å². The van der Waals surface area contributed by atoms with E-state index in [1.807, 2.05) is 79.7 Å². The van der Waals surface area contributed by atoms with Gasteiger partial charge in [0.2, 0.25) is 29.6 Å². The van der Waals surface area contributed by atoms with Crippen LogP contribution in [0.2, 0.25) is 0 Å². The molecule has 0 fully saturated rings. The lowest BCUT2D eigenvalue weighted by molar-refractivity contribution is -0.193. The zero-order chi connectivity index (χ0) is 84.7. The summed E-state index contributed by atoms with van der Waals surface area (Å²) in [6.45, 7) is 9.42. The highest BCUT2D eigenvalue weighted by molar-refractivity contribution is 8.76. The van der Waals surface area contributed by atoms with Crippen LogP contribution in [0.1, 0.15) is 141 Å². The maximum Gasteiger partial charge on any atom is 0.373 e. The number of ketones is 2. The number of nitrogens with two attached hydrogens (primary N) is 3. The van der Waals surface area contributed by atoms with Crippen LogP contribution in [0.25, 0.3) is 38.9 Å². The average Bonchev–Trinajstić information content (AvgIpc) is 1.60. The molecule has 0 saturated heterocycles. The Kier molecular flexibility index (Phi) is 38.8. The molecule has 8 aromatic rings. The second-order valence-corrected chi connectivity index (χ2v) is 28.8. The Morgan fingerprint density at radius 1 is 0.730 bits per heavy atom. The summed E-state index contributed by atoms with van der Waals surface area (Å²) in [5.41, 5.74) is 24.6. The number of anilines is 4. The Labute approximate surface area is 670 Å². The van der Waals surface area contributed by atoms with E-state index in [0.717, 1.165) is 50.4 Å². The van der Waals surface area contributed by atoms with Crippen LogP contribution in [0.3, 0.4) is 0 Å². The van der Waals surface area contributed by atoms with Gasteiger partial charge in [-0.1, -0.05) is 83.1 Å². The number of unbranched alkanes of at least 4 members (excludes halogenated alkanes) is 1. The fraction of sp³-hybridized carbons (Fsp3) is 0.333. The summed E-state index contributed by atoms with van der Waals surface area (Å²) in [4.78, 5) is 213. The van der Waals surface area contributed by atoms with Gasteiger partial charge in [-0.25, -0.2) is 9.97 Å². The molecule has 0 bridgehead atoms. The third-order valence-electron chi connectivity index (χ3n) is 17.1. The first-order valence-corrected chi connectivity index (χ1v) is 38.5. The Morgan fingerprint density at radius 3 is 2.06 bits per heavy atom. The van der Waals surface area contributed by atoms with Crippen LogP contribution in [0.4, 0.5) is 23.0 Å². The molecule has 604 valence electrons. The molecule has 3 aromatic heterocycles. The summed E-state index contributed by atoms with van der Waals surface area (Å²) in [5, 5.41) is 16.7. The normalized spacial score (nSPS) is 12.5. The molecule has 4 heterocycles. The molecule has 0 saturated carbocycles. The first kappa shape index (κ1) is 92.7. The number of halogens is 1. The van der Waals surface area contributed by atoms with Crippen molar-refractivity contribution < 1.29 is 86.2 Å². The number of aryl methyl sites for hydroxylation is 2. The molecule has 2 aliphatic rings. The maximum absolute atomic E-state index is 14.1.